The molecular weight excluding hydrogens is 288 g/mol. The summed E-state index contributed by atoms with van der Waals surface area (Å²) < 4.78 is 5.86. The maximum absolute atomic E-state index is 12.4. The molecule has 3 N–H and O–H groups in total. The van der Waals surface area contributed by atoms with Crippen molar-refractivity contribution in [3.8, 4) is 5.75 Å². The average Bonchev–Trinajstić information content (AvgIpc) is 2.55. The Labute approximate surface area is 136 Å². The first kappa shape index (κ1) is 15.6. The number of carbonyl (C=O) groups excluding carboxylic acids is 1. The van der Waals surface area contributed by atoms with Crippen molar-refractivity contribution in [3.05, 3.63) is 64.7 Å². The van der Waals surface area contributed by atoms with Crippen LogP contribution in [0.5, 0.6) is 5.75 Å². The van der Waals surface area contributed by atoms with Crippen LogP contribution in [0.1, 0.15) is 52.5 Å². The molecule has 0 saturated carbocycles. The predicted molar refractivity (Wildman–Crippen MR) is 90.5 cm³/mol. The highest BCUT2D eigenvalue weighted by molar-refractivity contribution is 5.94. The van der Waals surface area contributed by atoms with Crippen LogP contribution >= 0.6 is 0 Å². The van der Waals surface area contributed by atoms with Crippen LogP contribution in [0.25, 0.3) is 0 Å². The van der Waals surface area contributed by atoms with Gasteiger partial charge in [0.05, 0.1) is 12.6 Å². The van der Waals surface area contributed by atoms with E-state index in [1.807, 2.05) is 44.2 Å². The third kappa shape index (κ3) is 3.22. The van der Waals surface area contributed by atoms with Gasteiger partial charge in [0.2, 0.25) is 0 Å². The maximum atomic E-state index is 12.4. The lowest BCUT2D eigenvalue weighted by atomic mass is 9.93. The Morgan fingerprint density at radius 3 is 2.74 bits per heavy atom. The second-order valence-electron chi connectivity index (χ2n) is 6.09. The van der Waals surface area contributed by atoms with E-state index in [1.54, 1.807) is 0 Å². The molecule has 0 radical (unpaired) electrons. The van der Waals surface area contributed by atoms with Gasteiger partial charge in [0.25, 0.3) is 5.91 Å². The molecule has 0 saturated heterocycles. The molecule has 2 aromatic rings. The molecule has 1 heterocycles. The molecule has 2 aromatic carbocycles. The average molecular weight is 310 g/mol. The molecule has 1 aliphatic rings. The number of rotatable bonds is 3. The third-order valence-electron chi connectivity index (χ3n) is 4.15. The van der Waals surface area contributed by atoms with Crippen molar-refractivity contribution in [2.75, 3.05) is 6.61 Å². The fourth-order valence-corrected chi connectivity index (χ4v) is 3.01. The fraction of sp³-hybridized carbons (Fsp3) is 0.316. The van der Waals surface area contributed by atoms with Crippen molar-refractivity contribution in [3.63, 3.8) is 0 Å². The summed E-state index contributed by atoms with van der Waals surface area (Å²) in [5.74, 6) is 0.766. The van der Waals surface area contributed by atoms with Crippen LogP contribution in [0.4, 0.5) is 0 Å². The number of nitrogens with two attached hydrogens (primary N) is 1. The molecule has 0 fully saturated rings. The zero-order valence-electron chi connectivity index (χ0n) is 13.5. The topological polar surface area (TPSA) is 64.3 Å². The van der Waals surface area contributed by atoms with Crippen LogP contribution in [0.3, 0.4) is 0 Å². The predicted octanol–water partition coefficient (Wildman–Crippen LogP) is 3.27. The fourth-order valence-electron chi connectivity index (χ4n) is 3.01. The second kappa shape index (κ2) is 6.42. The lowest BCUT2D eigenvalue weighted by Crippen LogP contribution is -2.32. The van der Waals surface area contributed by atoms with Gasteiger partial charge < -0.3 is 15.8 Å². The molecule has 0 spiro atoms. The quantitative estimate of drug-likeness (QED) is 0.914. The Hall–Kier alpha value is -2.33. The van der Waals surface area contributed by atoms with Crippen LogP contribution in [-0.2, 0) is 0 Å². The first-order valence-electron chi connectivity index (χ1n) is 7.95. The summed E-state index contributed by atoms with van der Waals surface area (Å²) in [6.07, 6.45) is 0.757. The monoisotopic (exact) mass is 310 g/mol. The van der Waals surface area contributed by atoms with Crippen molar-refractivity contribution in [2.24, 2.45) is 5.73 Å². The van der Waals surface area contributed by atoms with E-state index in [2.05, 4.69) is 17.4 Å². The molecule has 4 heteroatoms. The molecule has 1 amide bonds. The smallest absolute Gasteiger partial charge is 0.251 e. The third-order valence-corrected chi connectivity index (χ3v) is 4.15. The molecule has 2 atom stereocenters. The first-order chi connectivity index (χ1) is 11.1. The largest absolute Gasteiger partial charge is 0.493 e. The summed E-state index contributed by atoms with van der Waals surface area (Å²) in [6, 6.07) is 13.3. The van der Waals surface area contributed by atoms with E-state index < -0.39 is 0 Å². The molecule has 3 rings (SSSR count). The van der Waals surface area contributed by atoms with Crippen LogP contribution < -0.4 is 15.8 Å². The highest BCUT2D eigenvalue weighted by atomic mass is 16.5. The molecule has 0 bridgehead atoms. The van der Waals surface area contributed by atoms with Crippen LogP contribution in [0.2, 0.25) is 0 Å². The molecule has 23 heavy (non-hydrogen) atoms. The number of fused-ring (bicyclic) bond motifs is 1. The minimum Gasteiger partial charge on any atom is -0.493 e. The molecule has 4 nitrogen and oxygen atoms in total. The molecule has 120 valence electrons. The number of aryl methyl sites for hydroxylation is 1. The number of hydrogen-bond donors (Lipinski definition) is 2. The van der Waals surface area contributed by atoms with Gasteiger partial charge in [-0.3, -0.25) is 4.79 Å². The maximum Gasteiger partial charge on any atom is 0.251 e. The Kier molecular flexibility index (Phi) is 4.35. The zero-order chi connectivity index (χ0) is 16.4. The van der Waals surface area contributed by atoms with Crippen molar-refractivity contribution in [1.82, 2.24) is 5.32 Å². The highest BCUT2D eigenvalue weighted by Crippen LogP contribution is 2.38. The van der Waals surface area contributed by atoms with Gasteiger partial charge in [-0.15, -0.1) is 0 Å². The Balaban J connectivity index is 1.91. The summed E-state index contributed by atoms with van der Waals surface area (Å²) in [7, 11) is 0. The van der Waals surface area contributed by atoms with Gasteiger partial charge in [-0.1, -0.05) is 35.9 Å². The van der Waals surface area contributed by atoms with Crippen molar-refractivity contribution >= 4 is 5.91 Å². The zero-order valence-corrected chi connectivity index (χ0v) is 13.5. The minimum absolute atomic E-state index is 0.0520. The SMILES string of the molecule is Cc1cc(C(C)N)c2c(c1)C(NC(=O)c1ccccc1)CCO2. The molecule has 0 aromatic heterocycles. The van der Waals surface area contributed by atoms with E-state index in [4.69, 9.17) is 10.5 Å². The van der Waals surface area contributed by atoms with E-state index in [0.29, 0.717) is 12.2 Å². The lowest BCUT2D eigenvalue weighted by Gasteiger charge is -2.30. The van der Waals surface area contributed by atoms with E-state index in [-0.39, 0.29) is 18.0 Å². The number of ether oxygens (including phenoxy) is 1. The number of hydrogen-bond acceptors (Lipinski definition) is 3. The van der Waals surface area contributed by atoms with Gasteiger partial charge in [0.15, 0.2) is 0 Å². The van der Waals surface area contributed by atoms with Crippen LogP contribution in [0.15, 0.2) is 42.5 Å². The molecule has 0 aliphatic carbocycles. The summed E-state index contributed by atoms with van der Waals surface area (Å²) in [4.78, 5) is 12.4. The molecule has 1 aliphatic heterocycles. The Morgan fingerprint density at radius 1 is 1.30 bits per heavy atom. The summed E-state index contributed by atoms with van der Waals surface area (Å²) in [6.45, 7) is 4.57. The number of nitrogens with one attached hydrogen (secondary N) is 1. The van der Waals surface area contributed by atoms with Gasteiger partial charge in [-0.2, -0.15) is 0 Å². The normalized spacial score (nSPS) is 17.8. The van der Waals surface area contributed by atoms with E-state index in [0.717, 1.165) is 28.9 Å². The van der Waals surface area contributed by atoms with Gasteiger partial charge >= 0.3 is 0 Å². The van der Waals surface area contributed by atoms with Crippen LogP contribution in [0, 0.1) is 6.92 Å². The van der Waals surface area contributed by atoms with Crippen molar-refractivity contribution in [2.45, 2.75) is 32.4 Å². The Bertz CT molecular complexity index is 711. The van der Waals surface area contributed by atoms with Crippen LogP contribution in [-0.4, -0.2) is 12.5 Å². The Morgan fingerprint density at radius 2 is 2.04 bits per heavy atom. The van der Waals surface area contributed by atoms with E-state index in [9.17, 15) is 4.79 Å². The molecular formula is C19H22N2O2. The number of carbonyl (C=O) groups is 1. The van der Waals surface area contributed by atoms with Gasteiger partial charge in [0.1, 0.15) is 5.75 Å². The standard InChI is InChI=1S/C19H22N2O2/c1-12-10-15(13(2)20)18-16(11-12)17(8-9-23-18)21-19(22)14-6-4-3-5-7-14/h3-7,10-11,13,17H,8-9,20H2,1-2H3,(H,21,22). The van der Waals surface area contributed by atoms with Gasteiger partial charge in [-0.05, 0) is 26.0 Å². The van der Waals surface area contributed by atoms with Gasteiger partial charge in [-0.25, -0.2) is 0 Å². The van der Waals surface area contributed by atoms with E-state index in [1.165, 1.54) is 0 Å². The van der Waals surface area contributed by atoms with E-state index >= 15 is 0 Å². The van der Waals surface area contributed by atoms with Crippen molar-refractivity contribution in [1.29, 1.82) is 0 Å². The number of benzene rings is 2. The molecule has 2 unspecified atom stereocenters. The first-order valence-corrected chi connectivity index (χ1v) is 7.95. The summed E-state index contributed by atoms with van der Waals surface area (Å²) in [5, 5.41) is 3.12. The summed E-state index contributed by atoms with van der Waals surface area (Å²) in [5.41, 5.74) is 9.89. The second-order valence-corrected chi connectivity index (χ2v) is 6.09. The number of amides is 1. The lowest BCUT2D eigenvalue weighted by molar-refractivity contribution is 0.0924. The van der Waals surface area contributed by atoms with Crippen molar-refractivity contribution < 1.29 is 9.53 Å². The highest BCUT2D eigenvalue weighted by Gasteiger charge is 2.26. The van der Waals surface area contributed by atoms with Gasteiger partial charge in [0, 0.05) is 29.2 Å². The minimum atomic E-state index is -0.104. The summed E-state index contributed by atoms with van der Waals surface area (Å²) >= 11 is 0.